The predicted octanol–water partition coefficient (Wildman–Crippen LogP) is 6.05. The summed E-state index contributed by atoms with van der Waals surface area (Å²) in [4.78, 5) is 30.3. The van der Waals surface area contributed by atoms with Gasteiger partial charge in [-0.05, 0) is 90.2 Å². The van der Waals surface area contributed by atoms with Gasteiger partial charge in [0.25, 0.3) is 15.9 Å². The Balaban J connectivity index is 1.61. The van der Waals surface area contributed by atoms with E-state index in [-0.39, 0.29) is 43.5 Å². The Morgan fingerprint density at radius 2 is 1.49 bits per heavy atom. The number of nitrogens with two attached hydrogens (primary N) is 1. The first-order valence-corrected chi connectivity index (χ1v) is 17.0. The normalized spacial score (nSPS) is 17.7. The van der Waals surface area contributed by atoms with Gasteiger partial charge in [-0.15, -0.1) is 0 Å². The fourth-order valence-electron chi connectivity index (χ4n) is 5.61. The standard InChI is InChI=1S/C31H31BrF5N3O6S/c32-22-9-7-21(8-10-22)30(33,34)27(28(41)39-15-13-23(38)14-16-39)40(46-29(42)31(35,36)37)47(43,44)26-12-6-19-17-25(11-5-20(19)18-26)45-24-3-1-2-4-24/h5-12,17-18,23-24,27H,1-4,13-16,38H2/t27-/m1/s1. The summed E-state index contributed by atoms with van der Waals surface area (Å²) in [5.74, 6) is -8.67. The first-order valence-electron chi connectivity index (χ1n) is 14.8. The molecule has 254 valence electrons. The summed E-state index contributed by atoms with van der Waals surface area (Å²) < 4.78 is 107. The molecule has 3 aromatic rings. The number of carbonyl (C=O) groups is 2. The van der Waals surface area contributed by atoms with Crippen molar-refractivity contribution in [2.45, 2.75) is 73.7 Å². The van der Waals surface area contributed by atoms with Gasteiger partial charge in [-0.1, -0.05) is 40.2 Å². The monoisotopic (exact) mass is 747 g/mol. The Morgan fingerprint density at radius 1 is 0.894 bits per heavy atom. The van der Waals surface area contributed by atoms with Gasteiger partial charge in [-0.25, -0.2) is 13.2 Å². The molecular weight excluding hydrogens is 717 g/mol. The van der Waals surface area contributed by atoms with E-state index in [1.54, 1.807) is 12.1 Å². The molecule has 2 aliphatic rings. The van der Waals surface area contributed by atoms with Crippen molar-refractivity contribution < 1.29 is 49.5 Å². The van der Waals surface area contributed by atoms with Crippen molar-refractivity contribution in [2.75, 3.05) is 13.1 Å². The second-order valence-electron chi connectivity index (χ2n) is 11.5. The van der Waals surface area contributed by atoms with E-state index in [0.29, 0.717) is 15.6 Å². The lowest BCUT2D eigenvalue weighted by atomic mass is 9.98. The summed E-state index contributed by atoms with van der Waals surface area (Å²) in [6, 6.07) is 8.47. The van der Waals surface area contributed by atoms with Crippen LogP contribution in [0.25, 0.3) is 10.8 Å². The number of fused-ring (bicyclic) bond motifs is 1. The molecule has 0 radical (unpaired) electrons. The van der Waals surface area contributed by atoms with E-state index in [0.717, 1.165) is 54.8 Å². The molecule has 0 aromatic heterocycles. The Morgan fingerprint density at radius 3 is 2.11 bits per heavy atom. The van der Waals surface area contributed by atoms with Crippen molar-refractivity contribution in [1.29, 1.82) is 0 Å². The van der Waals surface area contributed by atoms with Crippen molar-refractivity contribution in [3.8, 4) is 5.75 Å². The van der Waals surface area contributed by atoms with Crippen molar-refractivity contribution in [3.63, 3.8) is 0 Å². The van der Waals surface area contributed by atoms with Crippen LogP contribution in [0.1, 0.15) is 44.1 Å². The van der Waals surface area contributed by atoms with E-state index in [1.807, 2.05) is 0 Å². The van der Waals surface area contributed by atoms with Gasteiger partial charge in [0, 0.05) is 29.2 Å². The third-order valence-corrected chi connectivity index (χ3v) is 10.3. The summed E-state index contributed by atoms with van der Waals surface area (Å²) in [7, 11) is -5.57. The molecule has 2 fully saturated rings. The highest BCUT2D eigenvalue weighted by Gasteiger charge is 2.58. The van der Waals surface area contributed by atoms with Gasteiger partial charge in [0.15, 0.2) is 0 Å². The molecule has 2 N–H and O–H groups in total. The van der Waals surface area contributed by atoms with Gasteiger partial charge >= 0.3 is 18.1 Å². The van der Waals surface area contributed by atoms with Crippen LogP contribution in [-0.2, 0) is 30.4 Å². The van der Waals surface area contributed by atoms with Gasteiger partial charge in [0.1, 0.15) is 5.75 Å². The molecule has 1 atom stereocenters. The van der Waals surface area contributed by atoms with Crippen LogP contribution in [0.4, 0.5) is 22.0 Å². The van der Waals surface area contributed by atoms with Crippen LogP contribution in [0, 0.1) is 0 Å². The van der Waals surface area contributed by atoms with E-state index in [1.165, 1.54) is 24.3 Å². The lowest BCUT2D eigenvalue weighted by Crippen LogP contribution is -2.60. The average Bonchev–Trinajstić information content (AvgIpc) is 3.53. The minimum Gasteiger partial charge on any atom is -0.490 e. The zero-order chi connectivity index (χ0) is 34.1. The maximum absolute atomic E-state index is 16.5. The minimum absolute atomic E-state index is 0.0292. The molecule has 16 heteroatoms. The van der Waals surface area contributed by atoms with Gasteiger partial charge in [-0.3, -0.25) is 4.79 Å². The molecule has 1 saturated heterocycles. The lowest BCUT2D eigenvalue weighted by Gasteiger charge is -2.38. The van der Waals surface area contributed by atoms with Gasteiger partial charge in [-0.2, -0.15) is 22.0 Å². The molecule has 1 saturated carbocycles. The van der Waals surface area contributed by atoms with Gasteiger partial charge in [0.2, 0.25) is 6.04 Å². The summed E-state index contributed by atoms with van der Waals surface area (Å²) in [5.41, 5.74) is 4.97. The molecule has 5 rings (SSSR count). The fraction of sp³-hybridized carbons (Fsp3) is 0.419. The van der Waals surface area contributed by atoms with Gasteiger partial charge in [0.05, 0.1) is 11.0 Å². The molecule has 47 heavy (non-hydrogen) atoms. The highest BCUT2D eigenvalue weighted by molar-refractivity contribution is 9.10. The summed E-state index contributed by atoms with van der Waals surface area (Å²) in [6.07, 6.45) is -1.61. The van der Waals surface area contributed by atoms with Crippen LogP contribution in [0.5, 0.6) is 5.75 Å². The molecule has 0 bridgehead atoms. The molecule has 1 heterocycles. The number of hydrogen-bond donors (Lipinski definition) is 1. The SMILES string of the molecule is NC1CCN(C(=O)[C@@H](N(OC(=O)C(F)(F)F)S(=O)(=O)c2ccc3cc(OC4CCCC4)ccc3c2)C(F)(F)c2ccc(Br)cc2)CC1. The molecule has 0 spiro atoms. The number of alkyl halides is 5. The van der Waals surface area contributed by atoms with Crippen LogP contribution < -0.4 is 10.5 Å². The molecular formula is C31H31BrF5N3O6S. The van der Waals surface area contributed by atoms with Crippen molar-refractivity contribution in [2.24, 2.45) is 5.73 Å². The smallest absolute Gasteiger partial charge is 0.490 e. The van der Waals surface area contributed by atoms with E-state index < -0.39 is 55.0 Å². The fourth-order valence-corrected chi connectivity index (χ4v) is 7.27. The minimum atomic E-state index is -5.80. The number of carbonyl (C=O) groups excluding carboxylic acids is 2. The number of benzene rings is 3. The van der Waals surface area contributed by atoms with Crippen molar-refractivity contribution in [1.82, 2.24) is 9.37 Å². The highest BCUT2D eigenvalue weighted by atomic mass is 79.9. The lowest BCUT2D eigenvalue weighted by molar-refractivity contribution is -0.239. The van der Waals surface area contributed by atoms with E-state index >= 15 is 8.78 Å². The first-order chi connectivity index (χ1) is 22.1. The van der Waals surface area contributed by atoms with E-state index in [2.05, 4.69) is 20.8 Å². The van der Waals surface area contributed by atoms with Gasteiger partial charge < -0.3 is 20.2 Å². The largest absolute Gasteiger partial charge is 0.492 e. The van der Waals surface area contributed by atoms with Crippen LogP contribution in [-0.4, -0.2) is 67.1 Å². The number of rotatable bonds is 9. The summed E-state index contributed by atoms with van der Waals surface area (Å²) >= 11 is 3.10. The number of halogens is 6. The molecule has 1 aliphatic carbocycles. The number of hydroxylamine groups is 1. The van der Waals surface area contributed by atoms with Crippen LogP contribution in [0.15, 0.2) is 70.0 Å². The summed E-state index contributed by atoms with van der Waals surface area (Å²) in [5, 5.41) is 0.746. The molecule has 0 unspecified atom stereocenters. The van der Waals surface area contributed by atoms with E-state index in [9.17, 15) is 31.2 Å². The van der Waals surface area contributed by atoms with Crippen molar-refractivity contribution >= 4 is 48.6 Å². The number of ether oxygens (including phenoxy) is 1. The average molecular weight is 749 g/mol. The zero-order valence-corrected chi connectivity index (χ0v) is 27.2. The maximum atomic E-state index is 16.5. The predicted molar refractivity (Wildman–Crippen MR) is 164 cm³/mol. The zero-order valence-electron chi connectivity index (χ0n) is 24.8. The second kappa shape index (κ2) is 13.6. The van der Waals surface area contributed by atoms with Crippen LogP contribution >= 0.6 is 15.9 Å². The first kappa shape index (κ1) is 35.0. The van der Waals surface area contributed by atoms with Crippen LogP contribution in [0.2, 0.25) is 0 Å². The number of sulfonamides is 1. The number of piperidine rings is 1. The quantitative estimate of drug-likeness (QED) is 0.209. The number of amides is 1. The number of hydrogen-bond acceptors (Lipinski definition) is 7. The number of likely N-dealkylation sites (tertiary alicyclic amines) is 1. The Bertz CT molecular complexity index is 1730. The third kappa shape index (κ3) is 7.71. The van der Waals surface area contributed by atoms with Crippen LogP contribution in [0.3, 0.4) is 0 Å². The Kier molecular flexibility index (Phi) is 10.2. The van der Waals surface area contributed by atoms with Crippen molar-refractivity contribution in [3.05, 3.63) is 70.7 Å². The molecule has 3 aromatic carbocycles. The Labute approximate surface area is 275 Å². The summed E-state index contributed by atoms with van der Waals surface area (Å²) in [6.45, 7) is -0.371. The molecule has 1 aliphatic heterocycles. The topological polar surface area (TPSA) is 119 Å². The highest BCUT2D eigenvalue weighted by Crippen LogP contribution is 2.40. The Hall–Kier alpha value is -3.34. The molecule has 9 nitrogen and oxygen atoms in total. The molecule has 1 amide bonds. The number of nitrogens with zero attached hydrogens (tertiary/aromatic N) is 2. The maximum Gasteiger partial charge on any atom is 0.492 e. The third-order valence-electron chi connectivity index (χ3n) is 8.20. The second-order valence-corrected chi connectivity index (χ2v) is 14.2. The van der Waals surface area contributed by atoms with E-state index in [4.69, 9.17) is 10.5 Å².